The highest BCUT2D eigenvalue weighted by atomic mass is 16.1. The van der Waals surface area contributed by atoms with E-state index >= 15 is 0 Å². The molecule has 0 bridgehead atoms. The Bertz CT molecular complexity index is 374. The lowest BCUT2D eigenvalue weighted by molar-refractivity contribution is -0.120. The number of hydrogen-bond acceptors (Lipinski definition) is 2. The van der Waals surface area contributed by atoms with Gasteiger partial charge >= 0.3 is 0 Å². The fourth-order valence-electron chi connectivity index (χ4n) is 1.57. The SMILES string of the molecule is CNCC(=O)NC(C)c1ccc(C)c(C)c1. The van der Waals surface area contributed by atoms with Crippen LogP contribution in [-0.4, -0.2) is 19.5 Å². The van der Waals surface area contributed by atoms with Crippen LogP contribution in [0.1, 0.15) is 29.7 Å². The number of hydrogen-bond donors (Lipinski definition) is 2. The molecule has 1 atom stereocenters. The molecule has 3 heteroatoms. The fourth-order valence-corrected chi connectivity index (χ4v) is 1.57. The quantitative estimate of drug-likeness (QED) is 0.811. The molecule has 0 fully saturated rings. The standard InChI is InChI=1S/C13H20N2O/c1-9-5-6-12(7-10(9)2)11(3)15-13(16)8-14-4/h5-7,11,14H,8H2,1-4H3,(H,15,16). The molecule has 0 aliphatic rings. The number of likely N-dealkylation sites (N-methyl/N-ethyl adjacent to an activating group) is 1. The fraction of sp³-hybridized carbons (Fsp3) is 0.462. The van der Waals surface area contributed by atoms with Crippen LogP contribution in [0.25, 0.3) is 0 Å². The summed E-state index contributed by atoms with van der Waals surface area (Å²) in [4.78, 5) is 11.4. The summed E-state index contributed by atoms with van der Waals surface area (Å²) in [6.45, 7) is 6.52. The molecule has 1 rings (SSSR count). The maximum absolute atomic E-state index is 11.4. The monoisotopic (exact) mass is 220 g/mol. The normalized spacial score (nSPS) is 12.2. The van der Waals surface area contributed by atoms with E-state index < -0.39 is 0 Å². The molecular weight excluding hydrogens is 200 g/mol. The number of nitrogens with one attached hydrogen (secondary N) is 2. The topological polar surface area (TPSA) is 41.1 Å². The lowest BCUT2D eigenvalue weighted by Gasteiger charge is -2.15. The van der Waals surface area contributed by atoms with Gasteiger partial charge in [0, 0.05) is 0 Å². The number of amides is 1. The van der Waals surface area contributed by atoms with E-state index in [-0.39, 0.29) is 11.9 Å². The Morgan fingerprint density at radius 2 is 2.00 bits per heavy atom. The Morgan fingerprint density at radius 3 is 2.56 bits per heavy atom. The van der Waals surface area contributed by atoms with Crippen molar-refractivity contribution in [3.63, 3.8) is 0 Å². The summed E-state index contributed by atoms with van der Waals surface area (Å²) >= 11 is 0. The third-order valence-electron chi connectivity index (χ3n) is 2.75. The van der Waals surface area contributed by atoms with Crippen LogP contribution >= 0.6 is 0 Å². The highest BCUT2D eigenvalue weighted by molar-refractivity contribution is 5.78. The van der Waals surface area contributed by atoms with Crippen LogP contribution < -0.4 is 10.6 Å². The first-order valence-corrected chi connectivity index (χ1v) is 5.55. The van der Waals surface area contributed by atoms with Crippen molar-refractivity contribution < 1.29 is 4.79 Å². The summed E-state index contributed by atoms with van der Waals surface area (Å²) in [5.41, 5.74) is 3.68. The summed E-state index contributed by atoms with van der Waals surface area (Å²) in [5.74, 6) is 0.0215. The van der Waals surface area contributed by atoms with Crippen molar-refractivity contribution in [3.8, 4) is 0 Å². The average molecular weight is 220 g/mol. The Kier molecular flexibility index (Phi) is 4.50. The zero-order valence-electron chi connectivity index (χ0n) is 10.4. The van der Waals surface area contributed by atoms with Gasteiger partial charge in [-0.3, -0.25) is 4.79 Å². The van der Waals surface area contributed by atoms with Gasteiger partial charge in [-0.1, -0.05) is 18.2 Å². The minimum Gasteiger partial charge on any atom is -0.348 e. The molecule has 3 nitrogen and oxygen atoms in total. The van der Waals surface area contributed by atoms with E-state index in [0.717, 1.165) is 5.56 Å². The molecule has 1 aromatic carbocycles. The van der Waals surface area contributed by atoms with Crippen LogP contribution in [0.4, 0.5) is 0 Å². The molecule has 0 aliphatic heterocycles. The first kappa shape index (κ1) is 12.7. The minimum atomic E-state index is 0.0215. The molecule has 0 saturated heterocycles. The minimum absolute atomic E-state index is 0.0215. The predicted octanol–water partition coefficient (Wildman–Crippen LogP) is 1.70. The first-order chi connectivity index (χ1) is 7.54. The van der Waals surface area contributed by atoms with Gasteiger partial charge in [0.25, 0.3) is 0 Å². The maximum atomic E-state index is 11.4. The lowest BCUT2D eigenvalue weighted by Crippen LogP contribution is -2.33. The Balaban J connectivity index is 2.69. The molecule has 16 heavy (non-hydrogen) atoms. The van der Waals surface area contributed by atoms with Crippen molar-refractivity contribution >= 4 is 5.91 Å². The molecule has 2 N–H and O–H groups in total. The second-order valence-electron chi connectivity index (χ2n) is 4.16. The molecule has 1 unspecified atom stereocenters. The highest BCUT2D eigenvalue weighted by Crippen LogP contribution is 2.16. The van der Waals surface area contributed by atoms with Crippen molar-refractivity contribution in [2.24, 2.45) is 0 Å². The number of carbonyl (C=O) groups is 1. The Labute approximate surface area is 97.2 Å². The zero-order chi connectivity index (χ0) is 12.1. The molecule has 0 aromatic heterocycles. The summed E-state index contributed by atoms with van der Waals surface area (Å²) in [6, 6.07) is 6.33. The smallest absolute Gasteiger partial charge is 0.234 e. The Hall–Kier alpha value is -1.35. The van der Waals surface area contributed by atoms with Gasteiger partial charge < -0.3 is 10.6 Å². The first-order valence-electron chi connectivity index (χ1n) is 5.55. The molecule has 0 radical (unpaired) electrons. The van der Waals surface area contributed by atoms with Crippen LogP contribution in [-0.2, 0) is 4.79 Å². The van der Waals surface area contributed by atoms with Crippen molar-refractivity contribution in [3.05, 3.63) is 34.9 Å². The van der Waals surface area contributed by atoms with Gasteiger partial charge in [-0.05, 0) is 44.5 Å². The van der Waals surface area contributed by atoms with Gasteiger partial charge in [0.1, 0.15) is 0 Å². The van der Waals surface area contributed by atoms with Crippen LogP contribution in [0.5, 0.6) is 0 Å². The molecule has 0 saturated carbocycles. The molecule has 0 heterocycles. The second kappa shape index (κ2) is 5.66. The number of carbonyl (C=O) groups excluding carboxylic acids is 1. The lowest BCUT2D eigenvalue weighted by atomic mass is 10.0. The van der Waals surface area contributed by atoms with E-state index in [4.69, 9.17) is 0 Å². The maximum Gasteiger partial charge on any atom is 0.234 e. The second-order valence-corrected chi connectivity index (χ2v) is 4.16. The van der Waals surface area contributed by atoms with Gasteiger partial charge in [0.2, 0.25) is 5.91 Å². The largest absolute Gasteiger partial charge is 0.348 e. The molecule has 0 spiro atoms. The summed E-state index contributed by atoms with van der Waals surface area (Å²) in [5, 5.41) is 5.78. The van der Waals surface area contributed by atoms with Crippen LogP contribution in [0.3, 0.4) is 0 Å². The van der Waals surface area contributed by atoms with E-state index in [2.05, 4.69) is 42.7 Å². The number of aryl methyl sites for hydroxylation is 2. The summed E-state index contributed by atoms with van der Waals surface area (Å²) in [7, 11) is 1.76. The molecule has 1 amide bonds. The van der Waals surface area contributed by atoms with Crippen LogP contribution in [0.2, 0.25) is 0 Å². The third-order valence-corrected chi connectivity index (χ3v) is 2.75. The van der Waals surface area contributed by atoms with Gasteiger partial charge in [0.05, 0.1) is 12.6 Å². The van der Waals surface area contributed by atoms with Crippen LogP contribution in [0, 0.1) is 13.8 Å². The number of rotatable bonds is 4. The van der Waals surface area contributed by atoms with E-state index in [1.165, 1.54) is 11.1 Å². The van der Waals surface area contributed by atoms with Crippen molar-refractivity contribution in [1.29, 1.82) is 0 Å². The number of benzene rings is 1. The van der Waals surface area contributed by atoms with Gasteiger partial charge in [-0.15, -0.1) is 0 Å². The molecular formula is C13H20N2O. The molecule has 88 valence electrons. The summed E-state index contributed by atoms with van der Waals surface area (Å²) in [6.07, 6.45) is 0. The van der Waals surface area contributed by atoms with Gasteiger partial charge in [-0.2, -0.15) is 0 Å². The van der Waals surface area contributed by atoms with E-state index in [9.17, 15) is 4.79 Å². The third kappa shape index (κ3) is 3.35. The van der Waals surface area contributed by atoms with E-state index in [1.807, 2.05) is 6.92 Å². The van der Waals surface area contributed by atoms with E-state index in [0.29, 0.717) is 6.54 Å². The summed E-state index contributed by atoms with van der Waals surface area (Å²) < 4.78 is 0. The van der Waals surface area contributed by atoms with Crippen molar-refractivity contribution in [2.75, 3.05) is 13.6 Å². The average Bonchev–Trinajstić information content (AvgIpc) is 2.22. The van der Waals surface area contributed by atoms with E-state index in [1.54, 1.807) is 7.05 Å². The van der Waals surface area contributed by atoms with Gasteiger partial charge in [-0.25, -0.2) is 0 Å². The predicted molar refractivity (Wildman–Crippen MR) is 66.4 cm³/mol. The zero-order valence-corrected chi connectivity index (χ0v) is 10.4. The Morgan fingerprint density at radius 1 is 1.31 bits per heavy atom. The highest BCUT2D eigenvalue weighted by Gasteiger charge is 2.09. The van der Waals surface area contributed by atoms with Crippen LogP contribution in [0.15, 0.2) is 18.2 Å². The van der Waals surface area contributed by atoms with Gasteiger partial charge in [0.15, 0.2) is 0 Å². The molecule has 0 aliphatic carbocycles. The van der Waals surface area contributed by atoms with Crippen molar-refractivity contribution in [2.45, 2.75) is 26.8 Å². The van der Waals surface area contributed by atoms with Crippen molar-refractivity contribution in [1.82, 2.24) is 10.6 Å². The molecule has 1 aromatic rings.